The van der Waals surface area contributed by atoms with E-state index in [1.165, 1.54) is 11.3 Å². The number of anilines is 1. The van der Waals surface area contributed by atoms with Crippen molar-refractivity contribution in [1.29, 1.82) is 0 Å². The zero-order valence-corrected chi connectivity index (χ0v) is 17.1. The van der Waals surface area contributed by atoms with Crippen molar-refractivity contribution in [2.75, 3.05) is 5.32 Å². The third-order valence-corrected chi connectivity index (χ3v) is 5.36. The van der Waals surface area contributed by atoms with Crippen LogP contribution in [0.25, 0.3) is 11.1 Å². The maximum Gasteiger partial charge on any atom is 0.265 e. The van der Waals surface area contributed by atoms with E-state index in [0.29, 0.717) is 31.9 Å². The van der Waals surface area contributed by atoms with Crippen molar-refractivity contribution < 1.29 is 14.3 Å². The summed E-state index contributed by atoms with van der Waals surface area (Å²) in [6, 6.07) is 13.9. The average Bonchev–Trinajstić information content (AvgIpc) is 3.06. The lowest BCUT2D eigenvalue weighted by Crippen LogP contribution is -2.30. The van der Waals surface area contributed by atoms with Crippen LogP contribution >= 0.6 is 34.5 Å². The molecule has 2 amide bonds. The summed E-state index contributed by atoms with van der Waals surface area (Å²) in [4.78, 5) is 24.6. The van der Waals surface area contributed by atoms with Crippen LogP contribution in [0.1, 0.15) is 17.3 Å². The van der Waals surface area contributed by atoms with E-state index >= 15 is 0 Å². The second-order valence-electron chi connectivity index (χ2n) is 5.90. The highest BCUT2D eigenvalue weighted by Gasteiger charge is 2.23. The summed E-state index contributed by atoms with van der Waals surface area (Å²) in [6.07, 6.45) is -0.771. The van der Waals surface area contributed by atoms with E-state index in [2.05, 4.69) is 5.32 Å². The minimum Gasteiger partial charge on any atom is -0.481 e. The lowest BCUT2D eigenvalue weighted by molar-refractivity contribution is -0.122. The minimum atomic E-state index is -0.771. The number of nitrogens with one attached hydrogen (secondary N) is 1. The minimum absolute atomic E-state index is 0.189. The number of thiophene rings is 1. The molecule has 3 aromatic rings. The normalized spacial score (nSPS) is 11.7. The molecule has 0 radical (unpaired) electrons. The monoisotopic (exact) mass is 434 g/mol. The first-order valence-electron chi connectivity index (χ1n) is 8.26. The maximum absolute atomic E-state index is 12.5. The molecule has 0 saturated carbocycles. The largest absolute Gasteiger partial charge is 0.481 e. The Morgan fingerprint density at radius 1 is 1.11 bits per heavy atom. The standard InChI is InChI=1S/C20H16Cl2N2O3S/c1-11(27-13-5-3-2-4-6-13)19(26)24-20-17(18(23)25)15(10-28-20)14-8-7-12(21)9-16(14)22/h2-11H,1H3,(H2,23,25)(H,24,26). The number of halogens is 2. The summed E-state index contributed by atoms with van der Waals surface area (Å²) in [5.41, 5.74) is 6.89. The summed E-state index contributed by atoms with van der Waals surface area (Å²) in [5, 5.41) is 5.63. The first-order valence-corrected chi connectivity index (χ1v) is 9.89. The first-order chi connectivity index (χ1) is 13.4. The molecule has 1 aromatic heterocycles. The lowest BCUT2D eigenvalue weighted by Gasteiger charge is -2.14. The van der Waals surface area contributed by atoms with Crippen LogP contribution in [0.15, 0.2) is 53.9 Å². The van der Waals surface area contributed by atoms with E-state index in [1.54, 1.807) is 42.6 Å². The van der Waals surface area contributed by atoms with Crippen LogP contribution in [0.5, 0.6) is 5.75 Å². The third kappa shape index (κ3) is 4.47. The summed E-state index contributed by atoms with van der Waals surface area (Å²) in [5.74, 6) is -0.503. The number of hydrogen-bond acceptors (Lipinski definition) is 4. The number of rotatable bonds is 6. The molecular formula is C20H16Cl2N2O3S. The molecule has 144 valence electrons. The molecule has 0 spiro atoms. The number of carbonyl (C=O) groups excluding carboxylic acids is 2. The summed E-state index contributed by atoms with van der Waals surface area (Å²) in [7, 11) is 0. The van der Waals surface area contributed by atoms with Gasteiger partial charge in [0.2, 0.25) is 0 Å². The Bertz CT molecular complexity index is 1020. The van der Waals surface area contributed by atoms with Crippen LogP contribution in [-0.4, -0.2) is 17.9 Å². The van der Waals surface area contributed by atoms with Gasteiger partial charge in [-0.25, -0.2) is 0 Å². The van der Waals surface area contributed by atoms with Crippen LogP contribution in [0, 0.1) is 0 Å². The van der Waals surface area contributed by atoms with Gasteiger partial charge < -0.3 is 15.8 Å². The van der Waals surface area contributed by atoms with Crippen LogP contribution in [0.3, 0.4) is 0 Å². The molecule has 5 nitrogen and oxygen atoms in total. The van der Waals surface area contributed by atoms with Crippen LogP contribution < -0.4 is 15.8 Å². The second kappa shape index (κ2) is 8.65. The van der Waals surface area contributed by atoms with Gasteiger partial charge >= 0.3 is 0 Å². The molecule has 0 aliphatic carbocycles. The molecule has 3 rings (SSSR count). The fourth-order valence-corrected chi connectivity index (χ4v) is 4.05. The van der Waals surface area contributed by atoms with E-state index in [0.717, 1.165) is 0 Å². The highest BCUT2D eigenvalue weighted by molar-refractivity contribution is 7.15. The zero-order chi connectivity index (χ0) is 20.3. The predicted molar refractivity (Wildman–Crippen MR) is 113 cm³/mol. The molecule has 28 heavy (non-hydrogen) atoms. The first kappa shape index (κ1) is 20.2. The van der Waals surface area contributed by atoms with Gasteiger partial charge in [-0.15, -0.1) is 11.3 Å². The molecule has 0 saturated heterocycles. The Morgan fingerprint density at radius 2 is 1.82 bits per heavy atom. The van der Waals surface area contributed by atoms with Gasteiger partial charge in [0.15, 0.2) is 6.10 Å². The number of hydrogen-bond donors (Lipinski definition) is 2. The topological polar surface area (TPSA) is 81.4 Å². The molecular weight excluding hydrogens is 419 g/mol. The lowest BCUT2D eigenvalue weighted by atomic mass is 10.0. The van der Waals surface area contributed by atoms with Crippen LogP contribution in [0.2, 0.25) is 10.0 Å². The van der Waals surface area contributed by atoms with Gasteiger partial charge in [-0.05, 0) is 31.2 Å². The molecule has 3 N–H and O–H groups in total. The molecule has 0 aliphatic heterocycles. The Labute approximate surface area is 176 Å². The van der Waals surface area contributed by atoms with Crippen molar-refractivity contribution in [3.05, 3.63) is 69.5 Å². The third-order valence-electron chi connectivity index (χ3n) is 3.92. The Hall–Kier alpha value is -2.54. The van der Waals surface area contributed by atoms with Gasteiger partial charge in [-0.2, -0.15) is 0 Å². The summed E-state index contributed by atoms with van der Waals surface area (Å²) in [6.45, 7) is 1.62. The summed E-state index contributed by atoms with van der Waals surface area (Å²) >= 11 is 13.4. The van der Waals surface area contributed by atoms with Gasteiger partial charge in [-0.1, -0.05) is 47.5 Å². The quantitative estimate of drug-likeness (QED) is 0.557. The smallest absolute Gasteiger partial charge is 0.265 e. The number of ether oxygens (including phenoxy) is 1. The van der Waals surface area contributed by atoms with Gasteiger partial charge in [0.1, 0.15) is 10.8 Å². The van der Waals surface area contributed by atoms with E-state index < -0.39 is 17.9 Å². The maximum atomic E-state index is 12.5. The molecule has 0 fully saturated rings. The SMILES string of the molecule is CC(Oc1ccccc1)C(=O)Nc1scc(-c2ccc(Cl)cc2Cl)c1C(N)=O. The zero-order valence-electron chi connectivity index (χ0n) is 14.7. The Balaban J connectivity index is 1.85. The molecule has 0 bridgehead atoms. The molecule has 2 aromatic carbocycles. The van der Waals surface area contributed by atoms with E-state index in [4.69, 9.17) is 33.7 Å². The highest BCUT2D eigenvalue weighted by Crippen LogP contribution is 2.39. The molecule has 0 aliphatic rings. The van der Waals surface area contributed by atoms with Crippen LogP contribution in [-0.2, 0) is 4.79 Å². The Kier molecular flexibility index (Phi) is 6.24. The highest BCUT2D eigenvalue weighted by atomic mass is 35.5. The molecule has 8 heteroatoms. The average molecular weight is 435 g/mol. The van der Waals surface area contributed by atoms with Gasteiger partial charge in [0.25, 0.3) is 11.8 Å². The fraction of sp³-hybridized carbons (Fsp3) is 0.100. The van der Waals surface area contributed by atoms with E-state index in [9.17, 15) is 9.59 Å². The fourth-order valence-electron chi connectivity index (χ4n) is 2.57. The van der Waals surface area contributed by atoms with Crippen molar-refractivity contribution in [1.82, 2.24) is 0 Å². The molecule has 1 atom stereocenters. The van der Waals surface area contributed by atoms with Crippen molar-refractivity contribution in [3.8, 4) is 16.9 Å². The van der Waals surface area contributed by atoms with Crippen LogP contribution in [0.4, 0.5) is 5.00 Å². The number of benzene rings is 2. The van der Waals surface area contributed by atoms with Crippen molar-refractivity contribution >= 4 is 51.4 Å². The van der Waals surface area contributed by atoms with Gasteiger partial charge in [-0.3, -0.25) is 9.59 Å². The van der Waals surface area contributed by atoms with Gasteiger partial charge in [0.05, 0.1) is 5.56 Å². The number of amides is 2. The molecule has 1 heterocycles. The number of carbonyl (C=O) groups is 2. The van der Waals surface area contributed by atoms with Gasteiger partial charge in [0, 0.05) is 26.6 Å². The van der Waals surface area contributed by atoms with E-state index in [-0.39, 0.29) is 5.56 Å². The number of nitrogens with two attached hydrogens (primary N) is 1. The predicted octanol–water partition coefficient (Wildman–Crippen LogP) is 5.23. The number of primary amides is 1. The van der Waals surface area contributed by atoms with Crippen molar-refractivity contribution in [3.63, 3.8) is 0 Å². The summed E-state index contributed by atoms with van der Waals surface area (Å²) < 4.78 is 5.61. The second-order valence-corrected chi connectivity index (χ2v) is 7.63. The number of para-hydroxylation sites is 1. The van der Waals surface area contributed by atoms with E-state index in [1.807, 2.05) is 18.2 Å². The van der Waals surface area contributed by atoms with Crippen molar-refractivity contribution in [2.24, 2.45) is 5.73 Å². The molecule has 1 unspecified atom stereocenters. The Morgan fingerprint density at radius 3 is 2.46 bits per heavy atom. The van der Waals surface area contributed by atoms with Crippen molar-refractivity contribution in [2.45, 2.75) is 13.0 Å².